The van der Waals surface area contributed by atoms with E-state index in [2.05, 4.69) is 5.32 Å². The first-order valence-corrected chi connectivity index (χ1v) is 11.5. The number of benzene rings is 4. The van der Waals surface area contributed by atoms with Gasteiger partial charge in [0.15, 0.2) is 17.3 Å². The summed E-state index contributed by atoms with van der Waals surface area (Å²) in [5, 5.41) is 4.14. The molecule has 3 N–H and O–H groups in total. The van der Waals surface area contributed by atoms with Crippen molar-refractivity contribution >= 4 is 28.3 Å². The number of para-hydroxylation sites is 1. The van der Waals surface area contributed by atoms with E-state index in [4.69, 9.17) is 29.9 Å². The van der Waals surface area contributed by atoms with Crippen molar-refractivity contribution in [1.29, 1.82) is 0 Å². The molecule has 1 heterocycles. The summed E-state index contributed by atoms with van der Waals surface area (Å²) in [6.45, 7) is 0. The minimum atomic E-state index is -0.496. The van der Waals surface area contributed by atoms with E-state index in [0.29, 0.717) is 40.0 Å². The fourth-order valence-corrected chi connectivity index (χ4v) is 3.83. The Bertz CT molecular complexity index is 1550. The van der Waals surface area contributed by atoms with Crippen LogP contribution in [0.3, 0.4) is 0 Å². The lowest BCUT2D eigenvalue weighted by Crippen LogP contribution is -2.10. The molecule has 184 valence electrons. The van der Waals surface area contributed by atoms with Crippen LogP contribution < -0.4 is 25.3 Å². The summed E-state index contributed by atoms with van der Waals surface area (Å²) in [5.74, 6) is 3.15. The molecular formula is C29H24N4O4. The average Bonchev–Trinajstić information content (AvgIpc) is 2.94. The number of aromatic nitrogens is 2. The van der Waals surface area contributed by atoms with Crippen LogP contribution in [-0.2, 0) is 0 Å². The van der Waals surface area contributed by atoms with Crippen LogP contribution >= 0.6 is 0 Å². The third kappa shape index (κ3) is 5.13. The van der Waals surface area contributed by atoms with Gasteiger partial charge in [-0.15, -0.1) is 0 Å². The number of ether oxygens (including phenoxy) is 3. The lowest BCUT2D eigenvalue weighted by molar-refractivity contribution is 0.100. The highest BCUT2D eigenvalue weighted by Crippen LogP contribution is 2.36. The second-order valence-electron chi connectivity index (χ2n) is 8.13. The molecule has 8 nitrogen and oxygen atoms in total. The molecule has 0 saturated carbocycles. The van der Waals surface area contributed by atoms with Gasteiger partial charge in [0.2, 0.25) is 5.91 Å². The summed E-state index contributed by atoms with van der Waals surface area (Å²) in [6.07, 6.45) is 0. The van der Waals surface area contributed by atoms with Crippen molar-refractivity contribution in [2.45, 2.75) is 0 Å². The van der Waals surface area contributed by atoms with Crippen LogP contribution in [0.1, 0.15) is 10.4 Å². The molecule has 1 amide bonds. The van der Waals surface area contributed by atoms with Gasteiger partial charge in [-0.3, -0.25) is 4.79 Å². The van der Waals surface area contributed by atoms with E-state index in [0.717, 1.165) is 22.4 Å². The van der Waals surface area contributed by atoms with Gasteiger partial charge in [-0.1, -0.05) is 30.3 Å². The van der Waals surface area contributed by atoms with E-state index >= 15 is 0 Å². The number of nitrogens with zero attached hydrogens (tertiary/aromatic N) is 2. The number of nitrogens with one attached hydrogen (secondary N) is 1. The van der Waals surface area contributed by atoms with Crippen LogP contribution in [0.15, 0.2) is 91.0 Å². The van der Waals surface area contributed by atoms with Gasteiger partial charge in [-0.2, -0.15) is 0 Å². The van der Waals surface area contributed by atoms with Crippen LogP contribution in [0.5, 0.6) is 23.0 Å². The number of hydrogen-bond acceptors (Lipinski definition) is 7. The number of rotatable bonds is 8. The normalized spacial score (nSPS) is 10.6. The van der Waals surface area contributed by atoms with Gasteiger partial charge in [0.05, 0.1) is 19.7 Å². The van der Waals surface area contributed by atoms with E-state index in [-0.39, 0.29) is 0 Å². The number of carbonyl (C=O) groups excluding carboxylic acids is 1. The van der Waals surface area contributed by atoms with Crippen LogP contribution in [-0.4, -0.2) is 30.1 Å². The monoisotopic (exact) mass is 492 g/mol. The third-order valence-corrected chi connectivity index (χ3v) is 5.72. The van der Waals surface area contributed by atoms with Gasteiger partial charge < -0.3 is 25.3 Å². The summed E-state index contributed by atoms with van der Waals surface area (Å²) in [4.78, 5) is 21.0. The lowest BCUT2D eigenvalue weighted by atomic mass is 10.1. The Morgan fingerprint density at radius 3 is 2.08 bits per heavy atom. The molecule has 4 aromatic carbocycles. The molecule has 0 saturated heterocycles. The minimum Gasteiger partial charge on any atom is -0.493 e. The molecule has 0 aliphatic carbocycles. The molecule has 0 spiro atoms. The number of hydrogen-bond donors (Lipinski definition) is 2. The van der Waals surface area contributed by atoms with Crippen LogP contribution in [0, 0.1) is 0 Å². The van der Waals surface area contributed by atoms with E-state index < -0.39 is 5.91 Å². The molecule has 0 bridgehead atoms. The van der Waals surface area contributed by atoms with Gasteiger partial charge in [0.1, 0.15) is 17.3 Å². The largest absolute Gasteiger partial charge is 0.493 e. The summed E-state index contributed by atoms with van der Waals surface area (Å²) in [6, 6.07) is 27.7. The fourth-order valence-electron chi connectivity index (χ4n) is 3.83. The van der Waals surface area contributed by atoms with Crippen molar-refractivity contribution in [1.82, 2.24) is 9.97 Å². The molecule has 37 heavy (non-hydrogen) atoms. The maximum atomic E-state index is 11.5. The zero-order valence-corrected chi connectivity index (χ0v) is 20.3. The highest BCUT2D eigenvalue weighted by atomic mass is 16.5. The average molecular weight is 493 g/mol. The van der Waals surface area contributed by atoms with Crippen molar-refractivity contribution in [3.05, 3.63) is 96.6 Å². The first-order chi connectivity index (χ1) is 18.0. The first-order valence-electron chi connectivity index (χ1n) is 11.5. The predicted molar refractivity (Wildman–Crippen MR) is 143 cm³/mol. The second-order valence-corrected chi connectivity index (χ2v) is 8.13. The van der Waals surface area contributed by atoms with Gasteiger partial charge in [-0.25, -0.2) is 9.97 Å². The summed E-state index contributed by atoms with van der Waals surface area (Å²) >= 11 is 0. The highest BCUT2D eigenvalue weighted by Gasteiger charge is 2.15. The standard InChI is InChI=1S/C29H24N4O4/c1-35-25-16-23-24(17-26(25)36-2)32-28(19-10-8-18(9-11-19)27(30)34)33-29(23)31-20-12-14-22(15-13-20)37-21-6-4-3-5-7-21/h3-17H,1-2H3,(H2,30,34)(H,31,32,33). The van der Waals surface area contributed by atoms with Crippen molar-refractivity contribution in [2.75, 3.05) is 19.5 Å². The second kappa shape index (κ2) is 10.2. The van der Waals surface area contributed by atoms with Crippen molar-refractivity contribution in [3.8, 4) is 34.4 Å². The SMILES string of the molecule is COc1cc2nc(-c3ccc(C(N)=O)cc3)nc(Nc3ccc(Oc4ccccc4)cc3)c2cc1OC. The molecular weight excluding hydrogens is 468 g/mol. The molecule has 0 aliphatic heterocycles. The topological polar surface area (TPSA) is 109 Å². The smallest absolute Gasteiger partial charge is 0.248 e. The molecule has 8 heteroatoms. The maximum Gasteiger partial charge on any atom is 0.248 e. The third-order valence-electron chi connectivity index (χ3n) is 5.72. The molecule has 0 unspecified atom stereocenters. The Morgan fingerprint density at radius 1 is 0.784 bits per heavy atom. The van der Waals surface area contributed by atoms with Crippen molar-refractivity contribution < 1.29 is 19.0 Å². The van der Waals surface area contributed by atoms with Crippen LogP contribution in [0.4, 0.5) is 11.5 Å². The van der Waals surface area contributed by atoms with Crippen molar-refractivity contribution in [3.63, 3.8) is 0 Å². The van der Waals surface area contributed by atoms with E-state index in [1.165, 1.54) is 0 Å². The van der Waals surface area contributed by atoms with Gasteiger partial charge in [0, 0.05) is 28.3 Å². The van der Waals surface area contributed by atoms with E-state index in [1.54, 1.807) is 44.6 Å². The van der Waals surface area contributed by atoms with Gasteiger partial charge >= 0.3 is 0 Å². The number of anilines is 2. The van der Waals surface area contributed by atoms with Gasteiger partial charge in [0.25, 0.3) is 0 Å². The summed E-state index contributed by atoms with van der Waals surface area (Å²) in [7, 11) is 3.16. The molecule has 1 aromatic heterocycles. The summed E-state index contributed by atoms with van der Waals surface area (Å²) < 4.78 is 16.9. The number of fused-ring (bicyclic) bond motifs is 1. The van der Waals surface area contributed by atoms with Crippen LogP contribution in [0.25, 0.3) is 22.3 Å². The fraction of sp³-hybridized carbons (Fsp3) is 0.0690. The predicted octanol–water partition coefficient (Wildman–Crippen LogP) is 5.95. The Morgan fingerprint density at radius 2 is 1.43 bits per heavy atom. The minimum absolute atomic E-state index is 0.409. The first kappa shape index (κ1) is 23.6. The Balaban J connectivity index is 1.53. The molecule has 5 rings (SSSR count). The number of primary amides is 1. The Hall–Kier alpha value is -5.11. The van der Waals surface area contributed by atoms with E-state index in [1.807, 2.05) is 60.7 Å². The maximum absolute atomic E-state index is 11.5. The van der Waals surface area contributed by atoms with Crippen molar-refractivity contribution in [2.24, 2.45) is 5.73 Å². The molecule has 5 aromatic rings. The number of nitrogens with two attached hydrogens (primary N) is 1. The quantitative estimate of drug-likeness (QED) is 0.276. The molecule has 0 aliphatic rings. The zero-order chi connectivity index (χ0) is 25.8. The highest BCUT2D eigenvalue weighted by molar-refractivity contribution is 5.95. The Labute approximate surface area is 213 Å². The lowest BCUT2D eigenvalue weighted by Gasteiger charge is -2.14. The number of carbonyl (C=O) groups is 1. The van der Waals surface area contributed by atoms with E-state index in [9.17, 15) is 4.79 Å². The summed E-state index contributed by atoms with van der Waals surface area (Å²) in [5.41, 5.74) is 8.00. The number of amides is 1. The molecule has 0 fully saturated rings. The van der Waals surface area contributed by atoms with Gasteiger partial charge in [-0.05, 0) is 54.6 Å². The zero-order valence-electron chi connectivity index (χ0n) is 20.3. The number of methoxy groups -OCH3 is 2. The molecule has 0 atom stereocenters. The van der Waals surface area contributed by atoms with Crippen LogP contribution in [0.2, 0.25) is 0 Å². The molecule has 0 radical (unpaired) electrons. The Kier molecular flexibility index (Phi) is 6.54.